The minimum atomic E-state index is -4.97. The fourth-order valence-corrected chi connectivity index (χ4v) is 0.770. The molecule has 0 saturated carbocycles. The van der Waals surface area contributed by atoms with Gasteiger partial charge in [0.1, 0.15) is 0 Å². The maximum atomic E-state index is 11.7. The average Bonchev–Trinajstić information content (AvgIpc) is 2.53. The van der Waals surface area contributed by atoms with Crippen molar-refractivity contribution in [2.45, 2.75) is 12.6 Å². The van der Waals surface area contributed by atoms with Gasteiger partial charge in [0.05, 0.1) is 12.7 Å². The fourth-order valence-electron chi connectivity index (χ4n) is 0.770. The molecule has 0 aliphatic rings. The largest absolute Gasteiger partial charge is 2.00 e. The van der Waals surface area contributed by atoms with Gasteiger partial charge in [0, 0.05) is 0 Å². The summed E-state index contributed by atoms with van der Waals surface area (Å²) in [4.78, 5) is 21.3. The molecule has 0 fully saturated rings. The van der Waals surface area contributed by atoms with Crippen LogP contribution in [0.25, 0.3) is 0 Å². The number of carbonyl (C=O) groups excluding carboxylic acids is 2. The third kappa shape index (κ3) is 3.89. The Bertz CT molecular complexity index is 343. The van der Waals surface area contributed by atoms with Crippen molar-refractivity contribution in [3.8, 4) is 0 Å². The molecular weight excluding hydrogens is 265 g/mol. The van der Waals surface area contributed by atoms with Gasteiger partial charge in [-0.2, -0.15) is 13.2 Å². The Morgan fingerprint density at radius 1 is 1.33 bits per heavy atom. The van der Waals surface area contributed by atoms with E-state index in [1.807, 2.05) is 0 Å². The third-order valence-electron chi connectivity index (χ3n) is 1.43. The van der Waals surface area contributed by atoms with Gasteiger partial charge in [0.15, 0.2) is 5.76 Å². The van der Waals surface area contributed by atoms with E-state index in [0.717, 1.165) is 6.26 Å². The molecule has 0 N–H and O–H groups in total. The molecule has 0 bridgehead atoms. The van der Waals surface area contributed by atoms with Crippen LogP contribution in [0.5, 0.6) is 0 Å². The van der Waals surface area contributed by atoms with E-state index in [9.17, 15) is 22.8 Å². The Balaban J connectivity index is 0.00000196. The summed E-state index contributed by atoms with van der Waals surface area (Å²) < 4.78 is 39.7. The molecule has 0 aromatic carbocycles. The number of hydrogen-bond donors (Lipinski definition) is 0. The summed E-state index contributed by atoms with van der Waals surface area (Å²) in [5.74, 6) is -3.29. The Morgan fingerprint density at radius 2 is 1.93 bits per heavy atom. The number of ketones is 2. The predicted octanol–water partition coefficient (Wildman–Crippen LogP) is 1.98. The molecule has 3 nitrogen and oxygen atoms in total. The topological polar surface area (TPSA) is 47.3 Å². The van der Waals surface area contributed by atoms with E-state index in [1.54, 1.807) is 0 Å². The Morgan fingerprint density at radius 3 is 2.33 bits per heavy atom. The molecule has 0 unspecified atom stereocenters. The zero-order valence-corrected chi connectivity index (χ0v) is 8.04. The van der Waals surface area contributed by atoms with Crippen LogP contribution in [0.1, 0.15) is 17.0 Å². The van der Waals surface area contributed by atoms with Gasteiger partial charge in [-0.25, -0.2) is 0 Å². The Kier molecular flexibility index (Phi) is 4.77. The van der Waals surface area contributed by atoms with E-state index < -0.39 is 24.2 Å². The maximum Gasteiger partial charge on any atom is 2.00 e. The van der Waals surface area contributed by atoms with E-state index in [2.05, 4.69) is 4.42 Å². The molecule has 1 radical (unpaired) electrons. The van der Waals surface area contributed by atoms with E-state index in [4.69, 9.17) is 0 Å². The van der Waals surface area contributed by atoms with Gasteiger partial charge >= 0.3 is 23.2 Å². The summed E-state index contributed by atoms with van der Waals surface area (Å²) in [6.07, 6.45) is -5.04. The summed E-state index contributed by atoms with van der Waals surface area (Å²) in [5.41, 5.74) is 0. The van der Waals surface area contributed by atoms with Crippen LogP contribution in [-0.4, -0.2) is 17.7 Å². The van der Waals surface area contributed by atoms with Crippen molar-refractivity contribution in [2.75, 3.05) is 0 Å². The quantitative estimate of drug-likeness (QED) is 0.479. The van der Waals surface area contributed by atoms with Gasteiger partial charge in [0.25, 0.3) is 0 Å². The molecule has 0 atom stereocenters. The van der Waals surface area contributed by atoms with Crippen molar-refractivity contribution in [1.82, 2.24) is 0 Å². The number of rotatable bonds is 3. The number of hydrogen-bond acceptors (Lipinski definition) is 3. The van der Waals surface area contributed by atoms with Crippen LogP contribution in [0.2, 0.25) is 0 Å². The van der Waals surface area contributed by atoms with Crippen LogP contribution < -0.4 is 0 Å². The SMILES string of the molecule is O=C(CC(=O)C(F)(F)F)c1ccco1.[Cu+2]. The molecule has 7 heteroatoms. The zero-order valence-electron chi connectivity index (χ0n) is 7.10. The molecule has 85 valence electrons. The van der Waals surface area contributed by atoms with Crippen LogP contribution in [0.4, 0.5) is 13.2 Å². The average molecular weight is 270 g/mol. The maximum absolute atomic E-state index is 11.7. The molecule has 1 aromatic heterocycles. The van der Waals surface area contributed by atoms with Gasteiger partial charge in [-0.3, -0.25) is 9.59 Å². The van der Waals surface area contributed by atoms with Crippen molar-refractivity contribution < 1.29 is 44.2 Å². The Labute approximate surface area is 93.1 Å². The molecule has 0 spiro atoms. The van der Waals surface area contributed by atoms with Crippen LogP contribution in [0.15, 0.2) is 22.8 Å². The molecular formula is C8H5CuF3O3+2. The van der Waals surface area contributed by atoms with Gasteiger partial charge in [-0.15, -0.1) is 0 Å². The normalized spacial score (nSPS) is 10.6. The summed E-state index contributed by atoms with van der Waals surface area (Å²) in [6.45, 7) is 0. The van der Waals surface area contributed by atoms with Crippen molar-refractivity contribution >= 4 is 11.6 Å². The number of Topliss-reactive ketones (excluding diaryl/α,β-unsaturated/α-hetero) is 2. The standard InChI is InChI=1S/C8H5F3O3.Cu/c9-8(10,11)7(13)4-5(12)6-2-1-3-14-6;/h1-3H,4H2;/q;+2. The summed E-state index contributed by atoms with van der Waals surface area (Å²) in [5, 5.41) is 0. The minimum Gasteiger partial charge on any atom is -0.461 e. The third-order valence-corrected chi connectivity index (χ3v) is 1.43. The second-order valence-corrected chi connectivity index (χ2v) is 2.50. The van der Waals surface area contributed by atoms with E-state index in [0.29, 0.717) is 0 Å². The van der Waals surface area contributed by atoms with E-state index in [1.165, 1.54) is 12.1 Å². The number of carbonyl (C=O) groups is 2. The van der Waals surface area contributed by atoms with Crippen molar-refractivity contribution in [3.63, 3.8) is 0 Å². The van der Waals surface area contributed by atoms with Gasteiger partial charge in [-0.1, -0.05) is 0 Å². The van der Waals surface area contributed by atoms with Crippen LogP contribution >= 0.6 is 0 Å². The van der Waals surface area contributed by atoms with E-state index in [-0.39, 0.29) is 22.8 Å². The first-order valence-corrected chi connectivity index (χ1v) is 3.58. The molecule has 0 saturated heterocycles. The van der Waals surface area contributed by atoms with Crippen molar-refractivity contribution in [1.29, 1.82) is 0 Å². The molecule has 1 rings (SSSR count). The molecule has 1 aromatic rings. The Hall–Kier alpha value is -1.07. The van der Waals surface area contributed by atoms with Crippen LogP contribution in [-0.2, 0) is 21.9 Å². The first-order valence-electron chi connectivity index (χ1n) is 3.58. The number of alkyl halides is 3. The summed E-state index contributed by atoms with van der Waals surface area (Å²) >= 11 is 0. The minimum absolute atomic E-state index is 0. The fraction of sp³-hybridized carbons (Fsp3) is 0.250. The van der Waals surface area contributed by atoms with Crippen LogP contribution in [0.3, 0.4) is 0 Å². The monoisotopic (exact) mass is 269 g/mol. The van der Waals surface area contributed by atoms with Gasteiger partial charge < -0.3 is 4.42 Å². The van der Waals surface area contributed by atoms with Gasteiger partial charge in [0.2, 0.25) is 11.6 Å². The first-order chi connectivity index (χ1) is 6.41. The van der Waals surface area contributed by atoms with Gasteiger partial charge in [-0.05, 0) is 12.1 Å². The second-order valence-electron chi connectivity index (χ2n) is 2.50. The molecule has 0 aliphatic heterocycles. The smallest absolute Gasteiger partial charge is 0.461 e. The van der Waals surface area contributed by atoms with Crippen LogP contribution in [0, 0.1) is 0 Å². The number of halogens is 3. The van der Waals surface area contributed by atoms with Crippen molar-refractivity contribution in [2.24, 2.45) is 0 Å². The second kappa shape index (κ2) is 5.14. The predicted molar refractivity (Wildman–Crippen MR) is 38.7 cm³/mol. The molecule has 0 amide bonds. The van der Waals surface area contributed by atoms with Crippen molar-refractivity contribution in [3.05, 3.63) is 24.2 Å². The zero-order chi connectivity index (χ0) is 10.8. The van der Waals surface area contributed by atoms with E-state index >= 15 is 0 Å². The molecule has 1 heterocycles. The summed E-state index contributed by atoms with van der Waals surface area (Å²) in [7, 11) is 0. The molecule has 15 heavy (non-hydrogen) atoms. The summed E-state index contributed by atoms with van der Waals surface area (Å²) in [6, 6.07) is 2.55. The first kappa shape index (κ1) is 13.9. The number of furan rings is 1. The molecule has 0 aliphatic carbocycles.